The van der Waals surface area contributed by atoms with Crippen molar-refractivity contribution in [2.75, 3.05) is 6.54 Å². The van der Waals surface area contributed by atoms with Crippen molar-refractivity contribution >= 4 is 28.8 Å². The van der Waals surface area contributed by atoms with E-state index in [1.807, 2.05) is 30.3 Å². The van der Waals surface area contributed by atoms with Crippen molar-refractivity contribution in [2.24, 2.45) is 0 Å². The summed E-state index contributed by atoms with van der Waals surface area (Å²) < 4.78 is 11.2. The van der Waals surface area contributed by atoms with E-state index in [1.165, 1.54) is 18.2 Å². The van der Waals surface area contributed by atoms with Crippen molar-refractivity contribution in [2.45, 2.75) is 6.42 Å². The van der Waals surface area contributed by atoms with Crippen molar-refractivity contribution < 1.29 is 23.5 Å². The van der Waals surface area contributed by atoms with Crippen LogP contribution in [0.25, 0.3) is 22.3 Å². The van der Waals surface area contributed by atoms with Gasteiger partial charge >= 0.3 is 5.97 Å². The summed E-state index contributed by atoms with van der Waals surface area (Å²) in [5.74, 6) is -0.869. The molecule has 2 heterocycles. The molecule has 0 radical (unpaired) electrons. The molecule has 162 valence electrons. The van der Waals surface area contributed by atoms with E-state index < -0.39 is 17.8 Å². The van der Waals surface area contributed by atoms with Gasteiger partial charge in [-0.1, -0.05) is 42.5 Å². The van der Waals surface area contributed by atoms with E-state index >= 15 is 0 Å². The minimum absolute atomic E-state index is 0.0959. The van der Waals surface area contributed by atoms with Crippen molar-refractivity contribution in [1.29, 1.82) is 0 Å². The van der Waals surface area contributed by atoms with Crippen LogP contribution in [-0.4, -0.2) is 29.2 Å². The van der Waals surface area contributed by atoms with Crippen LogP contribution in [-0.2, 0) is 4.79 Å². The maximum absolute atomic E-state index is 12.6. The predicted octanol–water partition coefficient (Wildman–Crippen LogP) is 4.05. The number of amides is 2. The Morgan fingerprint density at radius 3 is 2.18 bits per heavy atom. The molecule has 0 N–H and O–H groups in total. The first-order chi connectivity index (χ1) is 16.0. The zero-order chi connectivity index (χ0) is 22.9. The largest absolute Gasteiger partial charge is 0.456 e. The molecule has 0 atom stereocenters. The van der Waals surface area contributed by atoms with Crippen LogP contribution < -0.4 is 10.2 Å². The van der Waals surface area contributed by atoms with E-state index in [4.69, 9.17) is 9.15 Å². The summed E-state index contributed by atoms with van der Waals surface area (Å²) in [6, 6.07) is 21.7. The Labute approximate surface area is 187 Å². The normalized spacial score (nSPS) is 12.8. The quantitative estimate of drug-likeness (QED) is 0.265. The lowest BCUT2D eigenvalue weighted by Gasteiger charge is -2.13. The number of hydrogen-bond acceptors (Lipinski definition) is 6. The SMILES string of the molecule is O=C(CCN1C(=O)c2ccccc2C1=O)Oc1ccc2oc(-c3ccccc3)cc(=O)c2c1. The maximum Gasteiger partial charge on any atom is 0.312 e. The van der Waals surface area contributed by atoms with E-state index in [1.54, 1.807) is 30.3 Å². The van der Waals surface area contributed by atoms with Gasteiger partial charge in [-0.05, 0) is 30.3 Å². The van der Waals surface area contributed by atoms with Gasteiger partial charge in [0.05, 0.1) is 22.9 Å². The van der Waals surface area contributed by atoms with Crippen LogP contribution in [0.5, 0.6) is 5.75 Å². The summed E-state index contributed by atoms with van der Waals surface area (Å²) in [5.41, 5.74) is 1.53. The van der Waals surface area contributed by atoms with Crippen molar-refractivity contribution in [3.8, 4) is 17.1 Å². The summed E-state index contributed by atoms with van der Waals surface area (Å²) >= 11 is 0. The lowest BCUT2D eigenvalue weighted by atomic mass is 10.1. The Balaban J connectivity index is 1.29. The van der Waals surface area contributed by atoms with E-state index in [9.17, 15) is 19.2 Å². The molecular weight excluding hydrogens is 422 g/mol. The highest BCUT2D eigenvalue weighted by Crippen LogP contribution is 2.25. The number of ether oxygens (including phenoxy) is 1. The van der Waals surface area contributed by atoms with Gasteiger partial charge in [0.15, 0.2) is 5.43 Å². The Morgan fingerprint density at radius 2 is 1.48 bits per heavy atom. The molecule has 0 aliphatic carbocycles. The summed E-state index contributed by atoms with van der Waals surface area (Å²) in [4.78, 5) is 50.8. The molecule has 0 saturated carbocycles. The average molecular weight is 439 g/mol. The Morgan fingerprint density at radius 1 is 0.818 bits per heavy atom. The summed E-state index contributed by atoms with van der Waals surface area (Å²) in [5, 5.41) is 0.278. The Kier molecular flexibility index (Phi) is 5.06. The molecule has 0 fully saturated rings. The molecule has 0 bridgehead atoms. The number of rotatable bonds is 5. The minimum atomic E-state index is -0.629. The third-order valence-electron chi connectivity index (χ3n) is 5.41. The van der Waals surface area contributed by atoms with Gasteiger partial charge in [-0.3, -0.25) is 24.1 Å². The van der Waals surface area contributed by atoms with Crippen molar-refractivity contribution in [1.82, 2.24) is 4.90 Å². The molecular formula is C26H17NO6. The van der Waals surface area contributed by atoms with Crippen molar-refractivity contribution in [3.05, 3.63) is 100 Å². The van der Waals surface area contributed by atoms with Crippen LogP contribution >= 0.6 is 0 Å². The van der Waals surface area contributed by atoms with Crippen LogP contribution in [0.3, 0.4) is 0 Å². The van der Waals surface area contributed by atoms with Gasteiger partial charge in [0, 0.05) is 18.2 Å². The second-order valence-corrected chi connectivity index (χ2v) is 7.53. The first kappa shape index (κ1) is 20.4. The first-order valence-electron chi connectivity index (χ1n) is 10.3. The standard InChI is InChI=1S/C26H17NO6/c28-21-15-23(16-6-2-1-3-7-16)33-22-11-10-17(14-20(21)22)32-24(29)12-13-27-25(30)18-8-4-5-9-19(18)26(27)31/h1-11,14-15H,12-13H2. The number of nitrogens with zero attached hydrogens (tertiary/aromatic N) is 1. The topological polar surface area (TPSA) is 93.9 Å². The monoisotopic (exact) mass is 439 g/mol. The molecule has 7 heteroatoms. The number of imide groups is 1. The highest BCUT2D eigenvalue weighted by molar-refractivity contribution is 6.21. The number of benzene rings is 3. The highest BCUT2D eigenvalue weighted by atomic mass is 16.5. The third-order valence-corrected chi connectivity index (χ3v) is 5.41. The van der Waals surface area contributed by atoms with Crippen LogP contribution in [0.4, 0.5) is 0 Å². The number of carbonyl (C=O) groups is 3. The molecule has 3 aromatic carbocycles. The van der Waals surface area contributed by atoms with Crippen molar-refractivity contribution in [3.63, 3.8) is 0 Å². The lowest BCUT2D eigenvalue weighted by molar-refractivity contribution is -0.134. The maximum atomic E-state index is 12.6. The second-order valence-electron chi connectivity index (χ2n) is 7.53. The van der Waals surface area contributed by atoms with Crippen LogP contribution in [0.2, 0.25) is 0 Å². The third kappa shape index (κ3) is 3.80. The van der Waals surface area contributed by atoms with Gasteiger partial charge < -0.3 is 9.15 Å². The molecule has 1 aliphatic heterocycles. The molecule has 0 spiro atoms. The molecule has 33 heavy (non-hydrogen) atoms. The van der Waals surface area contributed by atoms with Gasteiger partial charge in [-0.15, -0.1) is 0 Å². The molecule has 0 unspecified atom stereocenters. The fourth-order valence-electron chi connectivity index (χ4n) is 3.77. The number of carbonyl (C=O) groups excluding carboxylic acids is 3. The number of esters is 1. The van der Waals surface area contributed by atoms with E-state index in [0.29, 0.717) is 22.5 Å². The zero-order valence-corrected chi connectivity index (χ0v) is 17.3. The molecule has 1 aliphatic rings. The highest BCUT2D eigenvalue weighted by Gasteiger charge is 2.35. The first-order valence-corrected chi connectivity index (χ1v) is 10.3. The zero-order valence-electron chi connectivity index (χ0n) is 17.3. The van der Waals surface area contributed by atoms with Gasteiger partial charge in [0.1, 0.15) is 17.1 Å². The van der Waals surface area contributed by atoms with Crippen LogP contribution in [0.1, 0.15) is 27.1 Å². The molecule has 2 amide bonds. The van der Waals surface area contributed by atoms with Gasteiger partial charge in [0.25, 0.3) is 11.8 Å². The molecule has 4 aromatic rings. The molecule has 5 rings (SSSR count). The predicted molar refractivity (Wildman–Crippen MR) is 120 cm³/mol. The lowest BCUT2D eigenvalue weighted by Crippen LogP contribution is -2.32. The fourth-order valence-corrected chi connectivity index (χ4v) is 3.77. The summed E-state index contributed by atoms with van der Waals surface area (Å²) in [7, 11) is 0. The summed E-state index contributed by atoms with van der Waals surface area (Å²) in [6.45, 7) is -0.0959. The van der Waals surface area contributed by atoms with Crippen LogP contribution in [0.15, 0.2) is 88.1 Å². The van der Waals surface area contributed by atoms with E-state index in [-0.39, 0.29) is 29.5 Å². The number of fused-ring (bicyclic) bond motifs is 2. The smallest absolute Gasteiger partial charge is 0.312 e. The molecule has 0 saturated heterocycles. The Bertz CT molecular complexity index is 1440. The van der Waals surface area contributed by atoms with Gasteiger partial charge in [-0.25, -0.2) is 0 Å². The Hall–Kier alpha value is -4.52. The number of hydrogen-bond donors (Lipinski definition) is 0. The second kappa shape index (κ2) is 8.20. The van der Waals surface area contributed by atoms with E-state index in [2.05, 4.69) is 0 Å². The summed E-state index contributed by atoms with van der Waals surface area (Å²) in [6.07, 6.45) is -0.176. The fraction of sp³-hybridized carbons (Fsp3) is 0.0769. The molecule has 1 aromatic heterocycles. The average Bonchev–Trinajstić information content (AvgIpc) is 3.08. The van der Waals surface area contributed by atoms with E-state index in [0.717, 1.165) is 10.5 Å². The minimum Gasteiger partial charge on any atom is -0.456 e. The molecule has 7 nitrogen and oxygen atoms in total. The van der Waals surface area contributed by atoms with Crippen LogP contribution in [0, 0.1) is 0 Å². The van der Waals surface area contributed by atoms with Gasteiger partial charge in [0.2, 0.25) is 0 Å². The van der Waals surface area contributed by atoms with Gasteiger partial charge in [-0.2, -0.15) is 0 Å².